The maximum absolute atomic E-state index is 11.6. The van der Waals surface area contributed by atoms with Gasteiger partial charge in [0.05, 0.1) is 6.10 Å². The van der Waals surface area contributed by atoms with Crippen molar-refractivity contribution >= 4 is 51.2 Å². The van der Waals surface area contributed by atoms with Gasteiger partial charge < -0.3 is 19.1 Å². The maximum atomic E-state index is 11.6. The van der Waals surface area contributed by atoms with E-state index in [0.717, 1.165) is 0 Å². The quantitative estimate of drug-likeness (QED) is 0.257. The average molecular weight is 448 g/mol. The van der Waals surface area contributed by atoms with Gasteiger partial charge in [0.1, 0.15) is 6.10 Å². The van der Waals surface area contributed by atoms with E-state index in [9.17, 15) is 19.8 Å². The summed E-state index contributed by atoms with van der Waals surface area (Å²) in [6, 6.07) is 0. The first-order chi connectivity index (χ1) is 9.11. The van der Waals surface area contributed by atoms with Gasteiger partial charge in [-0.1, -0.05) is 22.6 Å². The zero-order valence-corrected chi connectivity index (χ0v) is 17.7. The van der Waals surface area contributed by atoms with Crippen LogP contribution in [0.1, 0.15) is 6.92 Å². The minimum Gasteiger partial charge on any atom is -0.480 e. The number of carboxylic acid groups (broad SMARTS) is 2. The lowest BCUT2D eigenvalue weighted by Gasteiger charge is -2.39. The van der Waals surface area contributed by atoms with Crippen molar-refractivity contribution in [1.82, 2.24) is 0 Å². The van der Waals surface area contributed by atoms with E-state index < -0.39 is 44.2 Å². The maximum Gasteiger partial charge on any atom is 0.334 e. The van der Waals surface area contributed by atoms with Crippen LogP contribution in [-0.2, 0) is 18.4 Å². The number of alkyl halides is 1. The Bertz CT molecular complexity index is 388. The molecule has 2 unspecified atom stereocenters. The Hall–Kier alpha value is 0.0238. The highest BCUT2D eigenvalue weighted by atomic mass is 127. The first-order valence-electron chi connectivity index (χ1n) is 6.62. The van der Waals surface area contributed by atoms with Crippen molar-refractivity contribution in [2.75, 3.05) is 0 Å². The van der Waals surface area contributed by atoms with Crippen LogP contribution in [0.2, 0.25) is 39.3 Å². The zero-order valence-electron chi connectivity index (χ0n) is 13.6. The molecule has 0 spiro atoms. The molecule has 0 aromatic carbocycles. The van der Waals surface area contributed by atoms with E-state index in [4.69, 9.17) is 8.85 Å². The summed E-state index contributed by atoms with van der Waals surface area (Å²) in [7, 11) is -4.12. The number of aliphatic carboxylic acids is 2. The molecule has 0 amide bonds. The fraction of sp³-hybridized carbons (Fsp3) is 0.833. The third kappa shape index (κ3) is 6.34. The van der Waals surface area contributed by atoms with Crippen LogP contribution in [0.5, 0.6) is 0 Å². The summed E-state index contributed by atoms with van der Waals surface area (Å²) < 4.78 is 9.72. The van der Waals surface area contributed by atoms with Crippen LogP contribution in [-0.4, -0.2) is 54.4 Å². The number of hydrogen-bond acceptors (Lipinski definition) is 4. The highest BCUT2D eigenvalue weighted by molar-refractivity contribution is 14.1. The van der Waals surface area contributed by atoms with Gasteiger partial charge >= 0.3 is 11.9 Å². The Kier molecular flexibility index (Phi) is 7.07. The number of carbonyl (C=O) groups is 2. The number of carboxylic acids is 2. The SMILES string of the molecule is CC(O[Si](C)(C)C)C(O[Si](C)(C)C)C(I)(C(=O)O)C(=O)O. The monoisotopic (exact) mass is 448 g/mol. The van der Waals surface area contributed by atoms with Crippen molar-refractivity contribution in [3.8, 4) is 0 Å². The van der Waals surface area contributed by atoms with Crippen LogP contribution in [0.25, 0.3) is 0 Å². The second-order valence-electron chi connectivity index (χ2n) is 6.91. The summed E-state index contributed by atoms with van der Waals surface area (Å²) in [5.41, 5.74) is 0. The second-order valence-corrected chi connectivity index (χ2v) is 17.5. The van der Waals surface area contributed by atoms with Gasteiger partial charge in [-0.15, -0.1) is 0 Å². The standard InChI is InChI=1S/C12H25IO6Si2/c1-8(18-20(2,3)4)9(19-21(5,6)7)12(13,10(14)15)11(16)17/h8-9H,1-7H3,(H,14,15)(H,16,17). The topological polar surface area (TPSA) is 93.1 Å². The summed E-state index contributed by atoms with van der Waals surface area (Å²) in [6.07, 6.45) is -1.67. The van der Waals surface area contributed by atoms with Gasteiger partial charge in [0, 0.05) is 0 Å². The fourth-order valence-electron chi connectivity index (χ4n) is 1.84. The molecule has 0 aliphatic heterocycles. The van der Waals surface area contributed by atoms with Crippen molar-refractivity contribution in [3.63, 3.8) is 0 Å². The highest BCUT2D eigenvalue weighted by Crippen LogP contribution is 2.33. The Balaban J connectivity index is 5.70. The molecule has 0 aromatic rings. The van der Waals surface area contributed by atoms with Crippen molar-refractivity contribution in [1.29, 1.82) is 0 Å². The molecular weight excluding hydrogens is 423 g/mol. The van der Waals surface area contributed by atoms with Crippen molar-refractivity contribution in [3.05, 3.63) is 0 Å². The molecular formula is C12H25IO6Si2. The molecule has 0 saturated heterocycles. The van der Waals surface area contributed by atoms with Crippen molar-refractivity contribution < 1.29 is 28.7 Å². The van der Waals surface area contributed by atoms with Crippen LogP contribution in [0.15, 0.2) is 0 Å². The Morgan fingerprint density at radius 1 is 0.952 bits per heavy atom. The lowest BCUT2D eigenvalue weighted by Crippen LogP contribution is -2.60. The number of halogens is 1. The third-order valence-corrected chi connectivity index (χ3v) is 6.04. The van der Waals surface area contributed by atoms with E-state index in [1.165, 1.54) is 22.6 Å². The molecule has 0 fully saturated rings. The zero-order chi connectivity index (χ0) is 17.2. The largest absolute Gasteiger partial charge is 0.480 e. The molecule has 0 aliphatic carbocycles. The first kappa shape index (κ1) is 21.0. The van der Waals surface area contributed by atoms with Crippen LogP contribution in [0, 0.1) is 0 Å². The van der Waals surface area contributed by atoms with E-state index in [0.29, 0.717) is 0 Å². The minimum absolute atomic E-state index is 0.618. The Morgan fingerprint density at radius 2 is 1.29 bits per heavy atom. The number of hydrogen-bond donors (Lipinski definition) is 2. The molecule has 0 bridgehead atoms. The van der Waals surface area contributed by atoms with E-state index in [-0.39, 0.29) is 0 Å². The molecule has 0 aromatic heterocycles. The van der Waals surface area contributed by atoms with Crippen LogP contribution in [0.3, 0.4) is 0 Å². The lowest BCUT2D eigenvalue weighted by atomic mass is 9.99. The fourth-order valence-corrected chi connectivity index (χ4v) is 5.08. The van der Waals surface area contributed by atoms with Gasteiger partial charge in [0.25, 0.3) is 0 Å². The average Bonchev–Trinajstić information content (AvgIpc) is 2.20. The summed E-state index contributed by atoms with van der Waals surface area (Å²) in [5, 5.41) is 18.8. The molecule has 0 saturated carbocycles. The normalized spacial score (nSPS) is 16.4. The van der Waals surface area contributed by atoms with Gasteiger partial charge in [-0.2, -0.15) is 0 Å². The van der Waals surface area contributed by atoms with Gasteiger partial charge in [0.2, 0.25) is 3.42 Å². The summed E-state index contributed by atoms with van der Waals surface area (Å²) >= 11 is 1.46. The van der Waals surface area contributed by atoms with Crippen LogP contribution >= 0.6 is 22.6 Å². The van der Waals surface area contributed by atoms with Gasteiger partial charge in [-0.25, -0.2) is 0 Å². The predicted molar refractivity (Wildman–Crippen MR) is 94.1 cm³/mol. The molecule has 0 heterocycles. The molecule has 6 nitrogen and oxygen atoms in total. The summed E-state index contributed by atoms with van der Waals surface area (Å²) in [6.45, 7) is 13.2. The third-order valence-electron chi connectivity index (χ3n) is 2.46. The summed E-state index contributed by atoms with van der Waals surface area (Å²) in [5.74, 6) is -2.85. The van der Waals surface area contributed by atoms with Gasteiger partial charge in [-0.3, -0.25) is 9.59 Å². The lowest BCUT2D eigenvalue weighted by molar-refractivity contribution is -0.156. The summed E-state index contributed by atoms with van der Waals surface area (Å²) in [4.78, 5) is 23.1. The Morgan fingerprint density at radius 3 is 1.52 bits per heavy atom. The molecule has 0 aliphatic rings. The first-order valence-corrected chi connectivity index (χ1v) is 14.5. The molecule has 21 heavy (non-hydrogen) atoms. The molecule has 124 valence electrons. The predicted octanol–water partition coefficient (Wildman–Crippen LogP) is 2.79. The van der Waals surface area contributed by atoms with Crippen molar-refractivity contribution in [2.24, 2.45) is 0 Å². The Labute approximate surface area is 141 Å². The van der Waals surface area contributed by atoms with Crippen LogP contribution < -0.4 is 0 Å². The second kappa shape index (κ2) is 7.07. The van der Waals surface area contributed by atoms with E-state index in [1.54, 1.807) is 6.92 Å². The smallest absolute Gasteiger partial charge is 0.334 e. The molecule has 9 heteroatoms. The minimum atomic E-state index is -2.16. The molecule has 2 atom stereocenters. The molecule has 2 N–H and O–H groups in total. The van der Waals surface area contributed by atoms with Crippen molar-refractivity contribution in [2.45, 2.75) is 61.8 Å². The van der Waals surface area contributed by atoms with E-state index >= 15 is 0 Å². The van der Waals surface area contributed by atoms with Crippen LogP contribution in [0.4, 0.5) is 0 Å². The molecule has 0 rings (SSSR count). The van der Waals surface area contributed by atoms with E-state index in [1.807, 2.05) is 39.3 Å². The molecule has 0 radical (unpaired) electrons. The number of rotatable bonds is 8. The highest BCUT2D eigenvalue weighted by Gasteiger charge is 2.55. The van der Waals surface area contributed by atoms with Gasteiger partial charge in [-0.05, 0) is 46.2 Å². The van der Waals surface area contributed by atoms with E-state index in [2.05, 4.69) is 0 Å². The van der Waals surface area contributed by atoms with Gasteiger partial charge in [0.15, 0.2) is 16.6 Å².